The zero-order valence-electron chi connectivity index (χ0n) is 5.44. The molecule has 2 N–H and O–H groups in total. The van der Waals surface area contributed by atoms with Crippen LogP contribution in [0.4, 0.5) is 0 Å². The summed E-state index contributed by atoms with van der Waals surface area (Å²) in [6.07, 6.45) is -0.564. The third-order valence-electron chi connectivity index (χ3n) is 0.633. The first-order valence-corrected chi connectivity index (χ1v) is 4.57. The SMILES string of the molecule is CC(CO)OP(C)(=O)O. The van der Waals surface area contributed by atoms with Crippen LogP contribution in [0.2, 0.25) is 0 Å². The number of aliphatic hydroxyl groups excluding tert-OH is 1. The molecule has 0 aliphatic heterocycles. The molecule has 0 heterocycles. The average Bonchev–Trinajstić information content (AvgIpc) is 1.62. The largest absolute Gasteiger partial charge is 0.394 e. The summed E-state index contributed by atoms with van der Waals surface area (Å²) in [7, 11) is -3.40. The van der Waals surface area contributed by atoms with Crippen molar-refractivity contribution in [2.45, 2.75) is 13.0 Å². The molecule has 0 aliphatic carbocycles. The molecule has 0 saturated carbocycles. The molecule has 4 nitrogen and oxygen atoms in total. The van der Waals surface area contributed by atoms with E-state index < -0.39 is 13.7 Å². The Morgan fingerprint density at radius 1 is 1.78 bits per heavy atom. The van der Waals surface area contributed by atoms with Gasteiger partial charge in [-0.1, -0.05) is 0 Å². The summed E-state index contributed by atoms with van der Waals surface area (Å²) < 4.78 is 14.9. The van der Waals surface area contributed by atoms with Crippen LogP contribution in [0.1, 0.15) is 6.92 Å². The van der Waals surface area contributed by atoms with Gasteiger partial charge in [0.2, 0.25) is 0 Å². The van der Waals surface area contributed by atoms with E-state index in [4.69, 9.17) is 10.00 Å². The van der Waals surface area contributed by atoms with Crippen molar-refractivity contribution in [3.8, 4) is 0 Å². The minimum Gasteiger partial charge on any atom is -0.394 e. The van der Waals surface area contributed by atoms with E-state index in [1.165, 1.54) is 6.92 Å². The van der Waals surface area contributed by atoms with Crippen LogP contribution in [-0.4, -0.2) is 29.4 Å². The van der Waals surface area contributed by atoms with Gasteiger partial charge in [-0.3, -0.25) is 4.57 Å². The van der Waals surface area contributed by atoms with Gasteiger partial charge < -0.3 is 14.5 Å². The van der Waals surface area contributed by atoms with E-state index in [1.54, 1.807) is 0 Å². The number of hydrogen-bond donors (Lipinski definition) is 2. The van der Waals surface area contributed by atoms with Crippen LogP contribution in [0, 0.1) is 0 Å². The Morgan fingerprint density at radius 2 is 2.22 bits per heavy atom. The normalized spacial score (nSPS) is 20.9. The van der Waals surface area contributed by atoms with Crippen molar-refractivity contribution >= 4 is 7.60 Å². The monoisotopic (exact) mass is 154 g/mol. The lowest BCUT2D eigenvalue weighted by Crippen LogP contribution is -2.10. The molecule has 2 unspecified atom stereocenters. The summed E-state index contributed by atoms with van der Waals surface area (Å²) in [6, 6.07) is 0. The van der Waals surface area contributed by atoms with Gasteiger partial charge in [0, 0.05) is 6.66 Å². The first kappa shape index (κ1) is 9.11. The third kappa shape index (κ3) is 5.99. The lowest BCUT2D eigenvalue weighted by Gasteiger charge is -2.11. The van der Waals surface area contributed by atoms with Crippen LogP contribution in [0.25, 0.3) is 0 Å². The molecule has 5 heteroatoms. The van der Waals surface area contributed by atoms with Crippen LogP contribution in [0.15, 0.2) is 0 Å². The van der Waals surface area contributed by atoms with Crippen molar-refractivity contribution in [1.29, 1.82) is 0 Å². The van der Waals surface area contributed by atoms with E-state index in [0.29, 0.717) is 0 Å². The Bertz CT molecular complexity index is 118. The molecule has 0 amide bonds. The summed E-state index contributed by atoms with van der Waals surface area (Å²) in [5.41, 5.74) is 0. The average molecular weight is 154 g/mol. The number of aliphatic hydroxyl groups is 1. The fourth-order valence-corrected chi connectivity index (χ4v) is 1.10. The molecule has 0 bridgehead atoms. The van der Waals surface area contributed by atoms with Crippen LogP contribution in [0.5, 0.6) is 0 Å². The van der Waals surface area contributed by atoms with E-state index in [9.17, 15) is 4.57 Å². The zero-order chi connectivity index (χ0) is 7.49. The van der Waals surface area contributed by atoms with Gasteiger partial charge in [0.05, 0.1) is 12.7 Å². The van der Waals surface area contributed by atoms with Gasteiger partial charge in [-0.25, -0.2) is 0 Å². The maximum Gasteiger partial charge on any atom is 0.325 e. The van der Waals surface area contributed by atoms with Crippen molar-refractivity contribution in [2.24, 2.45) is 0 Å². The molecule has 0 rings (SSSR count). The Morgan fingerprint density at radius 3 is 2.33 bits per heavy atom. The highest BCUT2D eigenvalue weighted by atomic mass is 31.2. The molecule has 0 aromatic rings. The molecule has 0 aromatic carbocycles. The summed E-state index contributed by atoms with van der Waals surface area (Å²) in [5, 5.41) is 8.34. The zero-order valence-corrected chi connectivity index (χ0v) is 6.34. The third-order valence-corrected chi connectivity index (χ3v) is 1.38. The molecule has 0 aliphatic rings. The van der Waals surface area contributed by atoms with E-state index in [1.807, 2.05) is 0 Å². The highest BCUT2D eigenvalue weighted by Crippen LogP contribution is 2.37. The van der Waals surface area contributed by atoms with Crippen molar-refractivity contribution in [1.82, 2.24) is 0 Å². The van der Waals surface area contributed by atoms with Gasteiger partial charge in [-0.15, -0.1) is 0 Å². The van der Waals surface area contributed by atoms with Gasteiger partial charge >= 0.3 is 7.60 Å². The maximum atomic E-state index is 10.4. The first-order chi connectivity index (χ1) is 3.95. The van der Waals surface area contributed by atoms with Gasteiger partial charge in [0.25, 0.3) is 0 Å². The standard InChI is InChI=1S/C4H11O4P/c1-4(3-5)8-9(2,6)7/h4-5H,3H2,1-2H3,(H,6,7). The highest BCUT2D eigenvalue weighted by Gasteiger charge is 2.13. The van der Waals surface area contributed by atoms with Gasteiger partial charge in [-0.05, 0) is 6.92 Å². The minimum atomic E-state index is -3.40. The van der Waals surface area contributed by atoms with Crippen LogP contribution >= 0.6 is 7.60 Å². The van der Waals surface area contributed by atoms with Crippen LogP contribution in [0.3, 0.4) is 0 Å². The fourth-order valence-electron chi connectivity index (χ4n) is 0.367. The summed E-state index contributed by atoms with van der Waals surface area (Å²) in [6.45, 7) is 2.37. The smallest absolute Gasteiger partial charge is 0.325 e. The number of hydrogen-bond acceptors (Lipinski definition) is 3. The second-order valence-corrected chi connectivity index (χ2v) is 3.72. The second-order valence-electron chi connectivity index (χ2n) is 1.90. The molecule has 56 valence electrons. The number of rotatable bonds is 3. The van der Waals surface area contributed by atoms with Crippen molar-refractivity contribution in [3.05, 3.63) is 0 Å². The van der Waals surface area contributed by atoms with Crippen LogP contribution < -0.4 is 0 Å². The Hall–Kier alpha value is 0.110. The van der Waals surface area contributed by atoms with E-state index in [2.05, 4.69) is 4.52 Å². The maximum absolute atomic E-state index is 10.4. The Balaban J connectivity index is 3.60. The molecule has 0 saturated heterocycles. The highest BCUT2D eigenvalue weighted by molar-refractivity contribution is 7.51. The van der Waals surface area contributed by atoms with Crippen LogP contribution in [-0.2, 0) is 9.09 Å². The predicted octanol–water partition coefficient (Wildman–Crippen LogP) is 0.199. The summed E-state index contributed by atoms with van der Waals surface area (Å²) in [5.74, 6) is 0. The van der Waals surface area contributed by atoms with E-state index in [0.717, 1.165) is 6.66 Å². The van der Waals surface area contributed by atoms with Crippen molar-refractivity contribution in [3.63, 3.8) is 0 Å². The van der Waals surface area contributed by atoms with Gasteiger partial charge in [0.1, 0.15) is 0 Å². The van der Waals surface area contributed by atoms with Gasteiger partial charge in [-0.2, -0.15) is 0 Å². The fraction of sp³-hybridized carbons (Fsp3) is 1.00. The van der Waals surface area contributed by atoms with Crippen molar-refractivity contribution in [2.75, 3.05) is 13.3 Å². The second kappa shape index (κ2) is 3.32. The topological polar surface area (TPSA) is 66.8 Å². The Kier molecular flexibility index (Phi) is 3.36. The Labute approximate surface area is 54.0 Å². The van der Waals surface area contributed by atoms with E-state index >= 15 is 0 Å². The minimum absolute atomic E-state index is 0.238. The lowest BCUT2D eigenvalue weighted by molar-refractivity contribution is 0.118. The van der Waals surface area contributed by atoms with E-state index in [-0.39, 0.29) is 6.61 Å². The molecule has 2 atom stereocenters. The molecule has 0 aromatic heterocycles. The lowest BCUT2D eigenvalue weighted by atomic mass is 10.5. The quantitative estimate of drug-likeness (QED) is 0.570. The molecule has 0 spiro atoms. The summed E-state index contributed by atoms with van der Waals surface area (Å²) in [4.78, 5) is 8.54. The summed E-state index contributed by atoms with van der Waals surface area (Å²) >= 11 is 0. The molecule has 9 heavy (non-hydrogen) atoms. The molecular formula is C4H11O4P. The predicted molar refractivity (Wildman–Crippen MR) is 33.4 cm³/mol. The molecular weight excluding hydrogens is 143 g/mol. The molecule has 0 fully saturated rings. The molecule has 0 radical (unpaired) electrons. The van der Waals surface area contributed by atoms with Gasteiger partial charge in [0.15, 0.2) is 0 Å². The van der Waals surface area contributed by atoms with Crippen molar-refractivity contribution < 1.29 is 19.1 Å². The first-order valence-electron chi connectivity index (χ1n) is 2.55.